The van der Waals surface area contributed by atoms with Gasteiger partial charge in [0.15, 0.2) is 0 Å². The highest BCUT2D eigenvalue weighted by atomic mass is 35.5. The average molecular weight is 281 g/mol. The molecule has 3 heteroatoms. The highest BCUT2D eigenvalue weighted by molar-refractivity contribution is 5.85. The lowest BCUT2D eigenvalue weighted by Crippen LogP contribution is -2.20. The van der Waals surface area contributed by atoms with Gasteiger partial charge in [-0.3, -0.25) is 0 Å². The fourth-order valence-corrected chi connectivity index (χ4v) is 3.47. The molecule has 2 N–H and O–H groups in total. The van der Waals surface area contributed by atoms with E-state index in [1.807, 2.05) is 0 Å². The number of nitrogens with two attached hydrogens (primary N) is 1. The van der Waals surface area contributed by atoms with Gasteiger partial charge in [0, 0.05) is 24.8 Å². The van der Waals surface area contributed by atoms with Crippen molar-refractivity contribution in [3.05, 3.63) is 29.8 Å². The lowest BCUT2D eigenvalue weighted by Gasteiger charge is -2.21. The van der Waals surface area contributed by atoms with Crippen LogP contribution in [0.2, 0.25) is 0 Å². The third-order valence-electron chi connectivity index (χ3n) is 4.66. The molecule has 0 radical (unpaired) electrons. The zero-order valence-corrected chi connectivity index (χ0v) is 12.4. The maximum Gasteiger partial charge on any atom is 0.0366 e. The Morgan fingerprint density at radius 1 is 0.947 bits per heavy atom. The summed E-state index contributed by atoms with van der Waals surface area (Å²) >= 11 is 0. The van der Waals surface area contributed by atoms with Gasteiger partial charge in [-0.05, 0) is 49.3 Å². The molecule has 0 aromatic heterocycles. The Balaban J connectivity index is 0.00000133. The Hall–Kier alpha value is -0.730. The Labute approximate surface area is 122 Å². The Morgan fingerprint density at radius 3 is 2.11 bits per heavy atom. The van der Waals surface area contributed by atoms with Crippen LogP contribution in [0.15, 0.2) is 24.3 Å². The van der Waals surface area contributed by atoms with Gasteiger partial charge in [0.1, 0.15) is 0 Å². The monoisotopic (exact) mass is 280 g/mol. The largest absolute Gasteiger partial charge is 0.372 e. The number of benzene rings is 1. The molecule has 1 heterocycles. The van der Waals surface area contributed by atoms with Gasteiger partial charge >= 0.3 is 0 Å². The first-order valence-electron chi connectivity index (χ1n) is 7.45. The van der Waals surface area contributed by atoms with E-state index in [9.17, 15) is 0 Å². The maximum absolute atomic E-state index is 6.39. The quantitative estimate of drug-likeness (QED) is 0.910. The van der Waals surface area contributed by atoms with Crippen molar-refractivity contribution in [2.24, 2.45) is 11.7 Å². The maximum atomic E-state index is 6.39. The first-order valence-corrected chi connectivity index (χ1v) is 7.45. The molecule has 0 amide bonds. The molecule has 2 fully saturated rings. The number of nitrogens with zero attached hydrogens (tertiary/aromatic N) is 1. The number of hydrogen-bond acceptors (Lipinski definition) is 2. The zero-order chi connectivity index (χ0) is 12.4. The zero-order valence-electron chi connectivity index (χ0n) is 11.6. The van der Waals surface area contributed by atoms with Crippen molar-refractivity contribution in [2.75, 3.05) is 18.0 Å². The van der Waals surface area contributed by atoms with Crippen LogP contribution in [0.25, 0.3) is 0 Å². The molecule has 0 bridgehead atoms. The first-order chi connectivity index (χ1) is 8.84. The van der Waals surface area contributed by atoms with Crippen molar-refractivity contribution < 1.29 is 0 Å². The normalized spacial score (nSPS) is 21.4. The van der Waals surface area contributed by atoms with Crippen LogP contribution >= 0.6 is 12.4 Å². The van der Waals surface area contributed by atoms with Crippen molar-refractivity contribution in [3.8, 4) is 0 Å². The van der Waals surface area contributed by atoms with E-state index in [2.05, 4.69) is 29.2 Å². The van der Waals surface area contributed by atoms with E-state index in [1.54, 1.807) is 0 Å². The summed E-state index contributed by atoms with van der Waals surface area (Å²) in [5.74, 6) is 0.711. The molecule has 106 valence electrons. The number of halogens is 1. The van der Waals surface area contributed by atoms with Crippen LogP contribution in [0.3, 0.4) is 0 Å². The second-order valence-electron chi connectivity index (χ2n) is 5.86. The van der Waals surface area contributed by atoms with E-state index in [4.69, 9.17) is 5.73 Å². The summed E-state index contributed by atoms with van der Waals surface area (Å²) in [5.41, 5.74) is 9.08. The minimum atomic E-state index is 0. The summed E-state index contributed by atoms with van der Waals surface area (Å²) in [7, 11) is 0. The molecule has 1 aliphatic heterocycles. The third kappa shape index (κ3) is 3.24. The van der Waals surface area contributed by atoms with Crippen molar-refractivity contribution in [1.29, 1.82) is 0 Å². The van der Waals surface area contributed by atoms with Gasteiger partial charge in [0.05, 0.1) is 0 Å². The average Bonchev–Trinajstić information content (AvgIpc) is 3.11. The summed E-state index contributed by atoms with van der Waals surface area (Å²) in [6.45, 7) is 2.43. The molecule has 0 unspecified atom stereocenters. The molecule has 1 saturated carbocycles. The molecule has 1 saturated heterocycles. The van der Waals surface area contributed by atoms with Crippen molar-refractivity contribution in [2.45, 2.75) is 44.6 Å². The molecular weight excluding hydrogens is 256 g/mol. The lowest BCUT2D eigenvalue weighted by molar-refractivity contribution is 0.445. The number of rotatable bonds is 3. The van der Waals surface area contributed by atoms with E-state index in [0.29, 0.717) is 5.92 Å². The minimum absolute atomic E-state index is 0. The minimum Gasteiger partial charge on any atom is -0.372 e. The lowest BCUT2D eigenvalue weighted by atomic mass is 9.92. The van der Waals surface area contributed by atoms with Gasteiger partial charge in [-0.25, -0.2) is 0 Å². The van der Waals surface area contributed by atoms with Crippen LogP contribution in [0, 0.1) is 5.92 Å². The molecule has 3 rings (SSSR count). The second-order valence-corrected chi connectivity index (χ2v) is 5.86. The van der Waals surface area contributed by atoms with Crippen molar-refractivity contribution in [1.82, 2.24) is 0 Å². The van der Waals surface area contributed by atoms with Crippen LogP contribution in [0.4, 0.5) is 5.69 Å². The summed E-state index contributed by atoms with van der Waals surface area (Å²) in [4.78, 5) is 2.48. The fourth-order valence-electron chi connectivity index (χ4n) is 3.47. The molecule has 1 aromatic rings. The molecule has 2 aliphatic rings. The summed E-state index contributed by atoms with van der Waals surface area (Å²) in [5, 5.41) is 0. The van der Waals surface area contributed by atoms with Crippen molar-refractivity contribution in [3.63, 3.8) is 0 Å². The third-order valence-corrected chi connectivity index (χ3v) is 4.66. The SMILES string of the molecule is Cl.N[C@@H](c1ccc(N2CCCC2)cc1)C1CCCC1. The van der Waals surface area contributed by atoms with E-state index >= 15 is 0 Å². The van der Waals surface area contributed by atoms with Crippen LogP contribution in [-0.2, 0) is 0 Å². The summed E-state index contributed by atoms with van der Waals surface area (Å²) < 4.78 is 0. The van der Waals surface area contributed by atoms with E-state index in [0.717, 1.165) is 0 Å². The predicted octanol–water partition coefficient (Wildman–Crippen LogP) is 3.90. The predicted molar refractivity (Wildman–Crippen MR) is 84.0 cm³/mol. The van der Waals surface area contributed by atoms with Crippen LogP contribution in [-0.4, -0.2) is 13.1 Å². The molecule has 1 aromatic carbocycles. The number of hydrogen-bond donors (Lipinski definition) is 1. The van der Waals surface area contributed by atoms with Crippen LogP contribution in [0.5, 0.6) is 0 Å². The van der Waals surface area contributed by atoms with Gasteiger partial charge in [-0.1, -0.05) is 25.0 Å². The van der Waals surface area contributed by atoms with E-state index < -0.39 is 0 Å². The highest BCUT2D eigenvalue weighted by Gasteiger charge is 2.23. The summed E-state index contributed by atoms with van der Waals surface area (Å²) in [6.07, 6.45) is 8.03. The molecule has 1 aliphatic carbocycles. The summed E-state index contributed by atoms with van der Waals surface area (Å²) in [6, 6.07) is 9.26. The van der Waals surface area contributed by atoms with Crippen molar-refractivity contribution >= 4 is 18.1 Å². The highest BCUT2D eigenvalue weighted by Crippen LogP contribution is 2.34. The van der Waals surface area contributed by atoms with Crippen LogP contribution in [0.1, 0.15) is 50.1 Å². The van der Waals surface area contributed by atoms with Gasteiger partial charge in [0.25, 0.3) is 0 Å². The smallest absolute Gasteiger partial charge is 0.0366 e. The van der Waals surface area contributed by atoms with Gasteiger partial charge in [-0.15, -0.1) is 12.4 Å². The van der Waals surface area contributed by atoms with Gasteiger partial charge in [0.2, 0.25) is 0 Å². The standard InChI is InChI=1S/C16H24N2.ClH/c17-16(13-5-1-2-6-13)14-7-9-15(10-8-14)18-11-3-4-12-18;/h7-10,13,16H,1-6,11-12,17H2;1H/t16-;/m1./s1. The first kappa shape index (κ1) is 14.7. The molecular formula is C16H25ClN2. The molecule has 2 nitrogen and oxygen atoms in total. The Morgan fingerprint density at radius 2 is 1.53 bits per heavy atom. The van der Waals surface area contributed by atoms with Gasteiger partial charge < -0.3 is 10.6 Å². The van der Waals surface area contributed by atoms with E-state index in [-0.39, 0.29) is 18.4 Å². The van der Waals surface area contributed by atoms with Gasteiger partial charge in [-0.2, -0.15) is 0 Å². The van der Waals surface area contributed by atoms with Crippen LogP contribution < -0.4 is 10.6 Å². The molecule has 0 spiro atoms. The number of anilines is 1. The molecule has 19 heavy (non-hydrogen) atoms. The Kier molecular flexibility index (Phi) is 5.12. The Bertz CT molecular complexity index is 378. The molecule has 1 atom stereocenters. The van der Waals surface area contributed by atoms with E-state index in [1.165, 1.54) is 62.9 Å². The topological polar surface area (TPSA) is 29.3 Å². The second kappa shape index (κ2) is 6.62. The fraction of sp³-hybridized carbons (Fsp3) is 0.625.